The molecule has 0 aromatic heterocycles. The van der Waals surface area contributed by atoms with Gasteiger partial charge in [0.25, 0.3) is 5.69 Å². The van der Waals surface area contributed by atoms with Crippen LogP contribution in [-0.4, -0.2) is 42.1 Å². The van der Waals surface area contributed by atoms with Gasteiger partial charge in [0.15, 0.2) is 0 Å². The third-order valence-corrected chi connectivity index (χ3v) is 4.04. The minimum atomic E-state index is -0.742. The van der Waals surface area contributed by atoms with Crippen LogP contribution in [0.15, 0.2) is 64.7 Å². The lowest BCUT2D eigenvalue weighted by Gasteiger charge is -2.14. The average Bonchev–Trinajstić information content (AvgIpc) is 3.21. The highest BCUT2D eigenvalue weighted by Crippen LogP contribution is 2.18. The SMILES string of the molecule is [N-]=[N+]=NC(COC(=O)c1ccc([N+](=O)[O-])cc1)C1COC(c2ccccc2)=N1. The van der Waals surface area contributed by atoms with Crippen LogP contribution in [0.5, 0.6) is 0 Å². The molecular formula is C18H15N5O5. The Hall–Kier alpha value is -3.91. The Morgan fingerprint density at radius 3 is 2.68 bits per heavy atom. The van der Waals surface area contributed by atoms with Gasteiger partial charge in [0.05, 0.1) is 22.6 Å². The van der Waals surface area contributed by atoms with E-state index in [1.165, 1.54) is 24.3 Å². The minimum Gasteiger partial charge on any atom is -0.475 e. The Bertz CT molecular complexity index is 939. The summed E-state index contributed by atoms with van der Waals surface area (Å²) in [5.74, 6) is -0.246. The lowest BCUT2D eigenvalue weighted by molar-refractivity contribution is -0.384. The molecule has 3 rings (SSSR count). The lowest BCUT2D eigenvalue weighted by Crippen LogP contribution is -2.29. The van der Waals surface area contributed by atoms with Crippen molar-refractivity contribution in [3.05, 3.63) is 86.3 Å². The number of benzene rings is 2. The number of aliphatic imine (C=N–C) groups is 1. The summed E-state index contributed by atoms with van der Waals surface area (Å²) in [6, 6.07) is 13.1. The summed E-state index contributed by atoms with van der Waals surface area (Å²) in [6.45, 7) is 0.00245. The standard InChI is InChI=1S/C18H15N5O5/c19-22-21-16(15-10-27-17(20-15)12-4-2-1-3-5-12)11-28-18(24)13-6-8-14(9-7-13)23(25)26/h1-9,15-16H,10-11H2. The first-order valence-corrected chi connectivity index (χ1v) is 8.30. The third kappa shape index (κ3) is 4.43. The summed E-state index contributed by atoms with van der Waals surface area (Å²) < 4.78 is 10.8. The van der Waals surface area contributed by atoms with E-state index < -0.39 is 23.0 Å². The molecule has 0 aliphatic carbocycles. The molecule has 0 spiro atoms. The van der Waals surface area contributed by atoms with Gasteiger partial charge < -0.3 is 9.47 Å². The van der Waals surface area contributed by atoms with Crippen molar-refractivity contribution in [1.29, 1.82) is 0 Å². The highest BCUT2D eigenvalue weighted by Gasteiger charge is 2.29. The van der Waals surface area contributed by atoms with Crippen LogP contribution in [0.3, 0.4) is 0 Å². The second-order valence-corrected chi connectivity index (χ2v) is 5.85. The maximum atomic E-state index is 12.1. The molecule has 2 aromatic carbocycles. The third-order valence-electron chi connectivity index (χ3n) is 4.04. The van der Waals surface area contributed by atoms with Crippen LogP contribution in [0.2, 0.25) is 0 Å². The van der Waals surface area contributed by atoms with Crippen molar-refractivity contribution in [3.63, 3.8) is 0 Å². The Kier molecular flexibility index (Phi) is 5.83. The number of hydrogen-bond donors (Lipinski definition) is 0. The average molecular weight is 381 g/mol. The molecule has 0 amide bonds. The van der Waals surface area contributed by atoms with Crippen LogP contribution in [0, 0.1) is 10.1 Å². The van der Waals surface area contributed by atoms with Crippen molar-refractivity contribution in [2.45, 2.75) is 12.1 Å². The molecule has 0 N–H and O–H groups in total. The fourth-order valence-corrected chi connectivity index (χ4v) is 2.58. The summed E-state index contributed by atoms with van der Waals surface area (Å²) in [6.07, 6.45) is 0. The predicted octanol–water partition coefficient (Wildman–Crippen LogP) is 3.28. The first kappa shape index (κ1) is 18.9. The molecule has 0 saturated heterocycles. The molecule has 142 valence electrons. The fraction of sp³-hybridized carbons (Fsp3) is 0.222. The molecule has 28 heavy (non-hydrogen) atoms. The highest BCUT2D eigenvalue weighted by molar-refractivity contribution is 5.95. The fourth-order valence-electron chi connectivity index (χ4n) is 2.58. The smallest absolute Gasteiger partial charge is 0.338 e. The first-order chi connectivity index (χ1) is 13.6. The number of nitro benzene ring substituents is 1. The van der Waals surface area contributed by atoms with E-state index in [-0.39, 0.29) is 24.5 Å². The lowest BCUT2D eigenvalue weighted by atomic mass is 10.1. The van der Waals surface area contributed by atoms with Crippen LogP contribution in [0.25, 0.3) is 10.4 Å². The van der Waals surface area contributed by atoms with Crippen LogP contribution < -0.4 is 0 Å². The van der Waals surface area contributed by atoms with Gasteiger partial charge >= 0.3 is 5.97 Å². The van der Waals surface area contributed by atoms with Gasteiger partial charge in [0, 0.05) is 22.6 Å². The molecule has 1 heterocycles. The Morgan fingerprint density at radius 2 is 2.04 bits per heavy atom. The monoisotopic (exact) mass is 381 g/mol. The summed E-state index contributed by atoms with van der Waals surface area (Å²) in [4.78, 5) is 29.5. The second-order valence-electron chi connectivity index (χ2n) is 5.85. The first-order valence-electron chi connectivity index (χ1n) is 8.30. The number of carbonyl (C=O) groups excluding carboxylic acids is 1. The quantitative estimate of drug-likeness (QED) is 0.181. The summed E-state index contributed by atoms with van der Waals surface area (Å²) in [5.41, 5.74) is 9.63. The van der Waals surface area contributed by atoms with Gasteiger partial charge in [-0.3, -0.25) is 10.1 Å². The Balaban J connectivity index is 1.65. The number of nitro groups is 1. The molecule has 2 aromatic rings. The molecule has 0 fully saturated rings. The van der Waals surface area contributed by atoms with Gasteiger partial charge in [-0.25, -0.2) is 9.79 Å². The zero-order valence-electron chi connectivity index (χ0n) is 14.5. The number of hydrogen-bond acceptors (Lipinski definition) is 7. The van der Waals surface area contributed by atoms with Gasteiger partial charge in [-0.05, 0) is 29.8 Å². The van der Waals surface area contributed by atoms with Gasteiger partial charge in [-0.2, -0.15) is 0 Å². The molecule has 2 unspecified atom stereocenters. The zero-order chi connectivity index (χ0) is 19.9. The highest BCUT2D eigenvalue weighted by atomic mass is 16.6. The van der Waals surface area contributed by atoms with Gasteiger partial charge in [0.2, 0.25) is 5.90 Å². The van der Waals surface area contributed by atoms with Crippen LogP contribution in [0.4, 0.5) is 5.69 Å². The minimum absolute atomic E-state index is 0.130. The topological polar surface area (TPSA) is 140 Å². The molecule has 0 saturated carbocycles. The number of ether oxygens (including phenoxy) is 2. The number of azide groups is 1. The van der Waals surface area contributed by atoms with Crippen LogP contribution >= 0.6 is 0 Å². The Labute approximate surface area is 159 Å². The van der Waals surface area contributed by atoms with Crippen molar-refractivity contribution in [2.75, 3.05) is 13.2 Å². The van der Waals surface area contributed by atoms with Gasteiger partial charge in [-0.15, -0.1) is 0 Å². The zero-order valence-corrected chi connectivity index (χ0v) is 14.5. The number of rotatable bonds is 7. The molecule has 0 bridgehead atoms. The number of carbonyl (C=O) groups is 1. The summed E-state index contributed by atoms with van der Waals surface area (Å²) >= 11 is 0. The molecule has 2 atom stereocenters. The van der Waals surface area contributed by atoms with Crippen molar-refractivity contribution >= 4 is 17.6 Å². The van der Waals surface area contributed by atoms with Crippen LogP contribution in [0.1, 0.15) is 15.9 Å². The normalized spacial score (nSPS) is 16.3. The number of esters is 1. The van der Waals surface area contributed by atoms with Crippen molar-refractivity contribution in [1.82, 2.24) is 0 Å². The van der Waals surface area contributed by atoms with Crippen molar-refractivity contribution in [3.8, 4) is 0 Å². The predicted molar refractivity (Wildman–Crippen MR) is 99.0 cm³/mol. The number of nitrogens with zero attached hydrogens (tertiary/aromatic N) is 5. The van der Waals surface area contributed by atoms with E-state index in [0.29, 0.717) is 5.90 Å². The molecule has 10 nitrogen and oxygen atoms in total. The van der Waals surface area contributed by atoms with Crippen molar-refractivity contribution < 1.29 is 19.2 Å². The van der Waals surface area contributed by atoms with E-state index in [2.05, 4.69) is 15.0 Å². The van der Waals surface area contributed by atoms with E-state index in [4.69, 9.17) is 15.0 Å². The maximum absolute atomic E-state index is 12.1. The van der Waals surface area contributed by atoms with E-state index in [1.54, 1.807) is 0 Å². The van der Waals surface area contributed by atoms with Gasteiger partial charge in [0.1, 0.15) is 13.2 Å². The molecule has 1 aliphatic rings. The molecule has 10 heteroatoms. The summed E-state index contributed by atoms with van der Waals surface area (Å²) in [5, 5.41) is 14.3. The summed E-state index contributed by atoms with van der Waals surface area (Å²) in [7, 11) is 0. The molecule has 1 aliphatic heterocycles. The van der Waals surface area contributed by atoms with E-state index >= 15 is 0 Å². The van der Waals surface area contributed by atoms with Crippen molar-refractivity contribution in [2.24, 2.45) is 10.1 Å². The molecular weight excluding hydrogens is 366 g/mol. The van der Waals surface area contributed by atoms with Gasteiger partial charge in [-0.1, -0.05) is 23.3 Å². The largest absolute Gasteiger partial charge is 0.475 e. The van der Waals surface area contributed by atoms with E-state index in [9.17, 15) is 14.9 Å². The number of non-ortho nitro benzene ring substituents is 1. The second kappa shape index (κ2) is 8.65. The van der Waals surface area contributed by atoms with Crippen LogP contribution in [-0.2, 0) is 9.47 Å². The van der Waals surface area contributed by atoms with E-state index in [0.717, 1.165) is 5.56 Å². The van der Waals surface area contributed by atoms with E-state index in [1.807, 2.05) is 30.3 Å². The Morgan fingerprint density at radius 1 is 1.32 bits per heavy atom. The maximum Gasteiger partial charge on any atom is 0.338 e. The molecule has 0 radical (unpaired) electrons.